The number of anilines is 1. The highest BCUT2D eigenvalue weighted by Crippen LogP contribution is 2.29. The van der Waals surface area contributed by atoms with Crippen molar-refractivity contribution in [2.75, 3.05) is 5.32 Å². The van der Waals surface area contributed by atoms with Gasteiger partial charge in [0.05, 0.1) is 6.20 Å². The first-order valence-corrected chi connectivity index (χ1v) is 9.43. The van der Waals surface area contributed by atoms with Crippen molar-refractivity contribution < 1.29 is 4.79 Å². The molecule has 0 radical (unpaired) electrons. The van der Waals surface area contributed by atoms with E-state index in [1.807, 2.05) is 36.4 Å². The monoisotopic (exact) mass is 424 g/mol. The number of benzene rings is 2. The molecular weight excluding hydrogens is 412 g/mol. The Morgan fingerprint density at radius 3 is 2.46 bits per heavy atom. The molecule has 128 valence electrons. The van der Waals surface area contributed by atoms with Crippen LogP contribution in [0.1, 0.15) is 10.4 Å². The van der Waals surface area contributed by atoms with Crippen molar-refractivity contribution >= 4 is 44.9 Å². The average molecular weight is 425 g/mol. The quantitative estimate of drug-likeness (QED) is 0.506. The van der Waals surface area contributed by atoms with Crippen LogP contribution in [0.15, 0.2) is 87.5 Å². The van der Waals surface area contributed by atoms with Gasteiger partial charge in [0.25, 0.3) is 5.91 Å². The topological polar surface area (TPSA) is 59.3 Å². The van der Waals surface area contributed by atoms with Crippen LogP contribution in [-0.4, -0.2) is 20.5 Å². The van der Waals surface area contributed by atoms with E-state index >= 15 is 0 Å². The molecule has 0 aliphatic heterocycles. The molecular formula is C19H13BrN4OS. The van der Waals surface area contributed by atoms with Crippen molar-refractivity contribution in [2.45, 2.75) is 9.79 Å². The van der Waals surface area contributed by atoms with Crippen molar-refractivity contribution in [3.63, 3.8) is 0 Å². The minimum atomic E-state index is -0.230. The first-order valence-electron chi connectivity index (χ1n) is 7.82. The zero-order chi connectivity index (χ0) is 17.9. The molecule has 0 fully saturated rings. The number of hydrogen-bond donors (Lipinski definition) is 1. The number of halogens is 1. The van der Waals surface area contributed by atoms with Gasteiger partial charge in [-0.25, -0.2) is 9.50 Å². The summed E-state index contributed by atoms with van der Waals surface area (Å²) in [6.07, 6.45) is 4.92. The van der Waals surface area contributed by atoms with E-state index in [4.69, 9.17) is 0 Å². The zero-order valence-corrected chi connectivity index (χ0v) is 15.9. The maximum Gasteiger partial charge on any atom is 0.261 e. The number of nitrogens with one attached hydrogen (secondary N) is 1. The number of amides is 1. The van der Waals surface area contributed by atoms with E-state index in [2.05, 4.69) is 43.5 Å². The van der Waals surface area contributed by atoms with Crippen LogP contribution in [0.5, 0.6) is 0 Å². The lowest BCUT2D eigenvalue weighted by Crippen LogP contribution is -2.11. The molecule has 0 unspecified atom stereocenters. The Hall–Kier alpha value is -2.64. The molecule has 0 atom stereocenters. The van der Waals surface area contributed by atoms with Crippen LogP contribution >= 0.6 is 27.7 Å². The molecule has 1 amide bonds. The van der Waals surface area contributed by atoms with Crippen LogP contribution in [0.25, 0.3) is 5.65 Å². The predicted octanol–water partition coefficient (Wildman–Crippen LogP) is 4.90. The van der Waals surface area contributed by atoms with Gasteiger partial charge in [0.2, 0.25) is 0 Å². The van der Waals surface area contributed by atoms with E-state index in [-0.39, 0.29) is 5.91 Å². The van der Waals surface area contributed by atoms with Gasteiger partial charge in [-0.3, -0.25) is 4.79 Å². The first kappa shape index (κ1) is 16.8. The highest BCUT2D eigenvalue weighted by atomic mass is 79.9. The van der Waals surface area contributed by atoms with Gasteiger partial charge in [0.1, 0.15) is 5.56 Å². The fourth-order valence-electron chi connectivity index (χ4n) is 2.43. The fourth-order valence-corrected chi connectivity index (χ4v) is 3.51. The predicted molar refractivity (Wildman–Crippen MR) is 106 cm³/mol. The molecule has 26 heavy (non-hydrogen) atoms. The minimum absolute atomic E-state index is 0.230. The molecule has 0 saturated carbocycles. The van der Waals surface area contributed by atoms with E-state index < -0.39 is 0 Å². The Kier molecular flexibility index (Phi) is 4.73. The van der Waals surface area contributed by atoms with Gasteiger partial charge in [-0.05, 0) is 54.6 Å². The Balaban J connectivity index is 1.47. The molecule has 4 rings (SSSR count). The molecule has 2 heterocycles. The van der Waals surface area contributed by atoms with E-state index in [0.29, 0.717) is 11.2 Å². The lowest BCUT2D eigenvalue weighted by Gasteiger charge is -2.06. The minimum Gasteiger partial charge on any atom is -0.322 e. The third-order valence-electron chi connectivity index (χ3n) is 3.69. The largest absolute Gasteiger partial charge is 0.322 e. The van der Waals surface area contributed by atoms with E-state index in [1.165, 1.54) is 6.20 Å². The molecule has 0 aliphatic rings. The lowest BCUT2D eigenvalue weighted by atomic mass is 10.2. The summed E-state index contributed by atoms with van der Waals surface area (Å²) in [6, 6.07) is 17.7. The maximum absolute atomic E-state index is 12.5. The number of aromatic nitrogens is 3. The Morgan fingerprint density at radius 2 is 1.73 bits per heavy atom. The zero-order valence-electron chi connectivity index (χ0n) is 13.5. The summed E-state index contributed by atoms with van der Waals surface area (Å²) >= 11 is 5.10. The van der Waals surface area contributed by atoms with Crippen LogP contribution < -0.4 is 5.32 Å². The van der Waals surface area contributed by atoms with E-state index in [0.717, 1.165) is 20.0 Å². The summed E-state index contributed by atoms with van der Waals surface area (Å²) in [7, 11) is 0. The standard InChI is InChI=1S/C19H13BrN4OS/c20-13-2-6-15(7-3-13)26-16-8-4-14(5-9-16)23-19(25)17-12-22-24-11-1-10-21-18(17)24/h1-12H,(H,23,25). The number of rotatable bonds is 4. The van der Waals surface area contributed by atoms with Crippen molar-refractivity contribution in [1.29, 1.82) is 0 Å². The maximum atomic E-state index is 12.5. The van der Waals surface area contributed by atoms with Gasteiger partial charge in [-0.15, -0.1) is 0 Å². The number of hydrogen-bond acceptors (Lipinski definition) is 4. The van der Waals surface area contributed by atoms with Gasteiger partial charge >= 0.3 is 0 Å². The molecule has 0 saturated heterocycles. The Labute approximate surface area is 162 Å². The van der Waals surface area contributed by atoms with E-state index in [9.17, 15) is 4.79 Å². The first-order chi connectivity index (χ1) is 12.7. The fraction of sp³-hybridized carbons (Fsp3) is 0. The summed E-state index contributed by atoms with van der Waals surface area (Å²) in [5, 5.41) is 7.02. The second-order valence-electron chi connectivity index (χ2n) is 5.48. The second kappa shape index (κ2) is 7.31. The van der Waals surface area contributed by atoms with Crippen LogP contribution in [0.2, 0.25) is 0 Å². The number of nitrogens with zero attached hydrogens (tertiary/aromatic N) is 3. The smallest absolute Gasteiger partial charge is 0.261 e. The van der Waals surface area contributed by atoms with Crippen LogP contribution in [0, 0.1) is 0 Å². The van der Waals surface area contributed by atoms with Crippen LogP contribution in [-0.2, 0) is 0 Å². The number of carbonyl (C=O) groups is 1. The summed E-state index contributed by atoms with van der Waals surface area (Å²) < 4.78 is 2.63. The molecule has 4 aromatic rings. The van der Waals surface area contributed by atoms with Crippen LogP contribution in [0.4, 0.5) is 5.69 Å². The summed E-state index contributed by atoms with van der Waals surface area (Å²) in [6.45, 7) is 0. The highest BCUT2D eigenvalue weighted by Gasteiger charge is 2.13. The summed E-state index contributed by atoms with van der Waals surface area (Å²) in [5.74, 6) is -0.230. The molecule has 0 spiro atoms. The Morgan fingerprint density at radius 1 is 1.04 bits per heavy atom. The third-order valence-corrected chi connectivity index (χ3v) is 5.23. The normalized spacial score (nSPS) is 10.8. The lowest BCUT2D eigenvalue weighted by molar-refractivity contribution is 0.102. The molecule has 5 nitrogen and oxygen atoms in total. The molecule has 7 heteroatoms. The van der Waals surface area contributed by atoms with Gasteiger partial charge in [-0.1, -0.05) is 27.7 Å². The van der Waals surface area contributed by atoms with Crippen molar-refractivity contribution in [3.05, 3.63) is 83.2 Å². The van der Waals surface area contributed by atoms with Crippen molar-refractivity contribution in [2.24, 2.45) is 0 Å². The number of fused-ring (bicyclic) bond motifs is 1. The second-order valence-corrected chi connectivity index (χ2v) is 7.54. The van der Waals surface area contributed by atoms with Crippen LogP contribution in [0.3, 0.4) is 0 Å². The van der Waals surface area contributed by atoms with Crippen molar-refractivity contribution in [1.82, 2.24) is 14.6 Å². The van der Waals surface area contributed by atoms with Gasteiger partial charge in [0, 0.05) is 32.3 Å². The Bertz CT molecular complexity index is 1060. The van der Waals surface area contributed by atoms with Gasteiger partial charge < -0.3 is 5.32 Å². The van der Waals surface area contributed by atoms with Crippen molar-refractivity contribution in [3.8, 4) is 0 Å². The molecule has 1 N–H and O–H groups in total. The van der Waals surface area contributed by atoms with E-state index in [1.54, 1.807) is 34.7 Å². The highest BCUT2D eigenvalue weighted by molar-refractivity contribution is 9.10. The molecule has 2 aromatic heterocycles. The van der Waals surface area contributed by atoms with Gasteiger partial charge in [-0.2, -0.15) is 5.10 Å². The molecule has 0 bridgehead atoms. The summed E-state index contributed by atoms with van der Waals surface area (Å²) in [5.41, 5.74) is 1.71. The number of carbonyl (C=O) groups excluding carboxylic acids is 1. The van der Waals surface area contributed by atoms with Gasteiger partial charge in [0.15, 0.2) is 5.65 Å². The molecule has 0 aliphatic carbocycles. The average Bonchev–Trinajstić information content (AvgIpc) is 3.09. The molecule has 2 aromatic carbocycles. The SMILES string of the molecule is O=C(Nc1ccc(Sc2ccc(Br)cc2)cc1)c1cnn2cccnc12. The summed E-state index contributed by atoms with van der Waals surface area (Å²) in [4.78, 5) is 18.9. The third kappa shape index (κ3) is 3.63.